The van der Waals surface area contributed by atoms with E-state index in [9.17, 15) is 43.9 Å². The zero-order valence-corrected chi connectivity index (χ0v) is 36.2. The van der Waals surface area contributed by atoms with Crippen molar-refractivity contribution in [3.05, 3.63) is 115 Å². The first-order valence-electron chi connectivity index (χ1n) is 19.9. The summed E-state index contributed by atoms with van der Waals surface area (Å²) < 4.78 is 160. The predicted octanol–water partition coefficient (Wildman–Crippen LogP) is 7.51. The molecule has 4 aromatic heterocycles. The lowest BCUT2D eigenvalue weighted by Gasteiger charge is -2.24. The summed E-state index contributed by atoms with van der Waals surface area (Å²) in [5.74, 6) is -10.4. The smallest absolute Gasteiger partial charge is 0.344 e. The lowest BCUT2D eigenvalue weighted by atomic mass is 10.0. The fourth-order valence-corrected chi connectivity index (χ4v) is 9.22. The summed E-state index contributed by atoms with van der Waals surface area (Å²) in [6, 6.07) is 6.72. The normalized spacial score (nSPS) is 17.0. The maximum atomic E-state index is 15.6. The van der Waals surface area contributed by atoms with Gasteiger partial charge >= 0.3 is 6.18 Å². The molecule has 67 heavy (non-hydrogen) atoms. The zero-order valence-electron chi connectivity index (χ0n) is 34.6. The van der Waals surface area contributed by atoms with Gasteiger partial charge in [0, 0.05) is 29.5 Å². The van der Waals surface area contributed by atoms with Crippen molar-refractivity contribution in [2.24, 2.45) is 5.92 Å². The number of nitrogens with one attached hydrogen (secondary N) is 2. The molecule has 0 radical (unpaired) electrons. The average molecular weight is 980 g/mol. The van der Waals surface area contributed by atoms with Gasteiger partial charge in [0.15, 0.2) is 11.6 Å². The van der Waals surface area contributed by atoms with Gasteiger partial charge in [-0.05, 0) is 68.1 Å². The Hall–Kier alpha value is -6.63. The number of carbonyl (C=O) groups excluding carboxylic acids is 1. The second kappa shape index (κ2) is 16.0. The molecule has 2 aliphatic carbocycles. The largest absolute Gasteiger partial charge is 0.408 e. The molecule has 9 rings (SSSR count). The van der Waals surface area contributed by atoms with Crippen molar-refractivity contribution in [1.29, 1.82) is 0 Å². The van der Waals surface area contributed by atoms with Gasteiger partial charge in [0.05, 0.1) is 56.2 Å². The first-order valence-corrected chi connectivity index (χ1v) is 22.2. The van der Waals surface area contributed by atoms with E-state index in [1.54, 1.807) is 13.8 Å². The molecule has 0 aliphatic heterocycles. The van der Waals surface area contributed by atoms with Crippen LogP contribution < -0.4 is 15.6 Å². The first-order chi connectivity index (χ1) is 31.4. The van der Waals surface area contributed by atoms with Crippen LogP contribution >= 0.6 is 11.6 Å². The molecule has 0 saturated heterocycles. The zero-order chi connectivity index (χ0) is 48.2. The van der Waals surface area contributed by atoms with Crippen molar-refractivity contribution in [2.45, 2.75) is 70.3 Å². The van der Waals surface area contributed by atoms with Gasteiger partial charge in [-0.25, -0.2) is 35.9 Å². The Bertz CT molecular complexity index is 3380. The van der Waals surface area contributed by atoms with E-state index in [0.717, 1.165) is 28.8 Å². The van der Waals surface area contributed by atoms with Crippen LogP contribution in [0.5, 0.6) is 0 Å². The minimum atomic E-state index is -5.02. The number of rotatable bonds is 12. The molecule has 1 amide bonds. The van der Waals surface area contributed by atoms with E-state index >= 15 is 13.6 Å². The quantitative estimate of drug-likeness (QED) is 0.116. The number of hydrogen-bond donors (Lipinski definition) is 2. The topological polar surface area (TPSA) is 184 Å². The minimum absolute atomic E-state index is 0.0725. The van der Waals surface area contributed by atoms with Gasteiger partial charge in [0.2, 0.25) is 15.9 Å². The summed E-state index contributed by atoms with van der Waals surface area (Å²) >= 11 is 6.52. The fraction of sp³-hybridized carbons (Fsp3) is 0.317. The number of nitrogens with zero attached hydrogens (tertiary/aromatic N) is 9. The van der Waals surface area contributed by atoms with Crippen LogP contribution in [-0.4, -0.2) is 71.1 Å². The lowest BCUT2D eigenvalue weighted by molar-refractivity contribution is -0.141. The molecule has 26 heteroatoms. The number of aromatic nitrogens is 9. The maximum absolute atomic E-state index is 15.6. The highest BCUT2D eigenvalue weighted by molar-refractivity contribution is 7.92. The molecule has 0 bridgehead atoms. The number of fused-ring (bicyclic) bond motifs is 5. The van der Waals surface area contributed by atoms with E-state index in [2.05, 4.69) is 30.7 Å². The van der Waals surface area contributed by atoms with Gasteiger partial charge in [0.25, 0.3) is 17.9 Å². The van der Waals surface area contributed by atoms with Crippen LogP contribution in [0.2, 0.25) is 5.02 Å². The number of benzene rings is 3. The molecule has 350 valence electrons. The number of anilines is 1. The molecule has 1 saturated carbocycles. The van der Waals surface area contributed by atoms with Crippen molar-refractivity contribution in [2.75, 3.05) is 11.0 Å². The van der Waals surface area contributed by atoms with Crippen LogP contribution in [-0.2, 0) is 40.3 Å². The van der Waals surface area contributed by atoms with Crippen molar-refractivity contribution in [3.8, 4) is 17.1 Å². The van der Waals surface area contributed by atoms with Crippen molar-refractivity contribution < 1.29 is 52.7 Å². The van der Waals surface area contributed by atoms with E-state index in [0.29, 0.717) is 33.1 Å². The summed E-state index contributed by atoms with van der Waals surface area (Å²) in [5, 5.41) is 17.3. The number of sulfonamides is 1. The molecule has 3 aromatic carbocycles. The van der Waals surface area contributed by atoms with Crippen LogP contribution in [0.25, 0.3) is 38.9 Å². The summed E-state index contributed by atoms with van der Waals surface area (Å²) in [4.78, 5) is 38.4. The number of halogens is 10. The molecule has 1 fully saturated rings. The molecule has 2 aliphatic rings. The van der Waals surface area contributed by atoms with Crippen LogP contribution in [0, 0.1) is 31.4 Å². The van der Waals surface area contributed by atoms with Crippen molar-refractivity contribution in [3.63, 3.8) is 0 Å². The highest BCUT2D eigenvalue weighted by Crippen LogP contribution is 2.68. The molecule has 0 unspecified atom stereocenters. The maximum Gasteiger partial charge on any atom is 0.408 e. The van der Waals surface area contributed by atoms with Crippen molar-refractivity contribution >= 4 is 55.2 Å². The number of amides is 1. The second-order valence-corrected chi connectivity index (χ2v) is 18.4. The van der Waals surface area contributed by atoms with Gasteiger partial charge in [0.1, 0.15) is 41.9 Å². The molecule has 0 spiro atoms. The van der Waals surface area contributed by atoms with Crippen molar-refractivity contribution in [1.82, 2.24) is 49.6 Å². The molecule has 7 aromatic rings. The third kappa shape index (κ3) is 8.42. The number of alkyl halides is 7. The minimum Gasteiger partial charge on any atom is -0.344 e. The second-order valence-electron chi connectivity index (χ2n) is 16.2. The lowest BCUT2D eigenvalue weighted by Crippen LogP contribution is -2.38. The SMILES string of the molecule is Cc1nnc(-c2ccc3c(=O)n(-c4ccc(Cl)c5c(NS(C)(=O)=O)nn(CC(F)(F)F)c45)c([C@H](Cc4cc(F)cc(F)c4)NC(=O)Cn4nc(C(F)F)c5c4C(F)(F)[C@@H]4C[C@H]54)nc3c2)nc1C. The Labute approximate surface area is 376 Å². The number of carbonyl (C=O) groups is 1. The Morgan fingerprint density at radius 2 is 1.69 bits per heavy atom. The van der Waals surface area contributed by atoms with Crippen LogP contribution in [0.4, 0.5) is 45.3 Å². The van der Waals surface area contributed by atoms with Gasteiger partial charge in [-0.1, -0.05) is 17.7 Å². The molecule has 15 nitrogen and oxygen atoms in total. The van der Waals surface area contributed by atoms with Crippen LogP contribution in [0.15, 0.2) is 53.3 Å². The highest BCUT2D eigenvalue weighted by atomic mass is 35.5. The van der Waals surface area contributed by atoms with Gasteiger partial charge in [-0.3, -0.25) is 28.2 Å². The van der Waals surface area contributed by atoms with E-state index in [4.69, 9.17) is 16.6 Å². The molecular formula is C41H31ClF9N11O4S. The monoisotopic (exact) mass is 979 g/mol. The van der Waals surface area contributed by atoms with E-state index in [1.165, 1.54) is 18.2 Å². The van der Waals surface area contributed by atoms with Gasteiger partial charge in [-0.2, -0.15) is 37.2 Å². The Morgan fingerprint density at radius 1 is 0.970 bits per heavy atom. The average Bonchev–Trinajstić information content (AvgIpc) is 3.75. The first kappa shape index (κ1) is 45.5. The van der Waals surface area contributed by atoms with Crippen LogP contribution in [0.3, 0.4) is 0 Å². The van der Waals surface area contributed by atoms with Gasteiger partial charge in [-0.15, -0.1) is 5.10 Å². The van der Waals surface area contributed by atoms with Crippen LogP contribution in [0.1, 0.15) is 64.5 Å². The molecular weight excluding hydrogens is 949 g/mol. The summed E-state index contributed by atoms with van der Waals surface area (Å²) in [7, 11) is -4.25. The number of aryl methyl sites for hydroxylation is 2. The summed E-state index contributed by atoms with van der Waals surface area (Å²) in [6.07, 6.45) is -8.36. The molecule has 3 atom stereocenters. The summed E-state index contributed by atoms with van der Waals surface area (Å²) in [5.41, 5.74) is -3.41. The van der Waals surface area contributed by atoms with E-state index in [1.807, 2.05) is 4.72 Å². The van der Waals surface area contributed by atoms with E-state index in [-0.39, 0.29) is 44.9 Å². The Morgan fingerprint density at radius 3 is 2.34 bits per heavy atom. The standard InChI is InChI=1S/C41H31ClF9N11O4S/c1-16-17(2)55-56-36(52-16)19-4-5-22-26(11-19)54-38(62(39(22)64)28-7-6-25(42)31-33(28)61(15-40(47,48)49)58-37(31)59-67(3,65)66)27(10-18-8-20(43)12-21(44)9-18)53-29(63)14-60-34-30(32(57-60)35(45)46)23-13-24(23)41(34,50)51/h4-9,11-12,23-24,27,35H,10,13-15H2,1-3H3,(H,53,63)(H,58,59)/t23-,24+,27-/m0/s1. The third-order valence-electron chi connectivity index (χ3n) is 11.4. The predicted molar refractivity (Wildman–Crippen MR) is 221 cm³/mol. The highest BCUT2D eigenvalue weighted by Gasteiger charge is 2.67. The Kier molecular flexibility index (Phi) is 10.9. The fourth-order valence-electron chi connectivity index (χ4n) is 8.49. The molecule has 4 heterocycles. The van der Waals surface area contributed by atoms with E-state index < -0.39 is 129 Å². The third-order valence-corrected chi connectivity index (χ3v) is 12.3. The van der Waals surface area contributed by atoms with Gasteiger partial charge < -0.3 is 5.32 Å². The summed E-state index contributed by atoms with van der Waals surface area (Å²) in [6.45, 7) is 0.329. The Balaban J connectivity index is 1.29. The number of hydrogen-bond acceptors (Lipinski definition) is 10. The molecule has 2 N–H and O–H groups in total.